The number of aromatic nitrogens is 3. The smallest absolute Gasteiger partial charge is 0.246 e. The molecule has 6 nitrogen and oxygen atoms in total. The molecule has 6 heteroatoms. The standard InChI is InChI=1S/C16H17N5O/c1-3-15(22)20-9-8-13(10-20)12-4-6-14(7-5-12)21-16(17)18-11(2)19-21/h3-8H,1,9-10H2,2H3,(H2,17,18,19). The summed E-state index contributed by atoms with van der Waals surface area (Å²) in [5, 5.41) is 4.26. The minimum absolute atomic E-state index is 0.0475. The molecule has 22 heavy (non-hydrogen) atoms. The van der Waals surface area contributed by atoms with E-state index in [1.54, 1.807) is 16.5 Å². The maximum atomic E-state index is 11.6. The molecule has 0 unspecified atom stereocenters. The van der Waals surface area contributed by atoms with Crippen LogP contribution in [0.1, 0.15) is 11.4 Å². The highest BCUT2D eigenvalue weighted by Crippen LogP contribution is 2.23. The van der Waals surface area contributed by atoms with Crippen molar-refractivity contribution in [3.63, 3.8) is 0 Å². The molecule has 1 aromatic carbocycles. The number of anilines is 1. The Morgan fingerprint density at radius 3 is 2.68 bits per heavy atom. The molecule has 2 heterocycles. The third-order valence-electron chi connectivity index (χ3n) is 3.63. The van der Waals surface area contributed by atoms with Crippen molar-refractivity contribution in [1.29, 1.82) is 0 Å². The lowest BCUT2D eigenvalue weighted by molar-refractivity contribution is -0.124. The molecule has 1 aliphatic rings. The van der Waals surface area contributed by atoms with Gasteiger partial charge in [0.2, 0.25) is 11.9 Å². The fourth-order valence-corrected chi connectivity index (χ4v) is 2.50. The molecule has 0 atom stereocenters. The second-order valence-corrected chi connectivity index (χ2v) is 5.13. The quantitative estimate of drug-likeness (QED) is 0.872. The largest absolute Gasteiger partial charge is 0.368 e. The number of rotatable bonds is 3. The van der Waals surface area contributed by atoms with Gasteiger partial charge in [-0.25, -0.2) is 0 Å². The van der Waals surface area contributed by atoms with Crippen molar-refractivity contribution in [3.8, 4) is 5.69 Å². The molecule has 1 amide bonds. The summed E-state index contributed by atoms with van der Waals surface area (Å²) in [6.45, 7) is 6.55. The predicted molar refractivity (Wildman–Crippen MR) is 85.3 cm³/mol. The summed E-state index contributed by atoms with van der Waals surface area (Å²) < 4.78 is 1.61. The van der Waals surface area contributed by atoms with Crippen LogP contribution >= 0.6 is 0 Å². The highest BCUT2D eigenvalue weighted by Gasteiger charge is 2.18. The van der Waals surface area contributed by atoms with E-state index in [0.29, 0.717) is 24.9 Å². The normalized spacial score (nSPS) is 14.0. The molecular formula is C16H17N5O. The van der Waals surface area contributed by atoms with E-state index in [1.165, 1.54) is 6.08 Å². The van der Waals surface area contributed by atoms with Crippen LogP contribution in [-0.4, -0.2) is 38.7 Å². The monoisotopic (exact) mass is 295 g/mol. The second kappa shape index (κ2) is 5.48. The lowest BCUT2D eigenvalue weighted by Crippen LogP contribution is -2.26. The van der Waals surface area contributed by atoms with Crippen molar-refractivity contribution in [2.24, 2.45) is 0 Å². The van der Waals surface area contributed by atoms with Crippen LogP contribution in [0.2, 0.25) is 0 Å². The first-order valence-corrected chi connectivity index (χ1v) is 6.99. The molecule has 0 saturated carbocycles. The zero-order valence-electron chi connectivity index (χ0n) is 12.4. The van der Waals surface area contributed by atoms with Crippen molar-refractivity contribution < 1.29 is 4.79 Å². The van der Waals surface area contributed by atoms with Gasteiger partial charge in [0.15, 0.2) is 0 Å². The van der Waals surface area contributed by atoms with Crippen molar-refractivity contribution >= 4 is 17.4 Å². The van der Waals surface area contributed by atoms with E-state index < -0.39 is 0 Å². The average Bonchev–Trinajstić information content (AvgIpc) is 3.13. The molecule has 0 spiro atoms. The Bertz CT molecular complexity index is 757. The number of hydrogen-bond donors (Lipinski definition) is 1. The number of hydrogen-bond acceptors (Lipinski definition) is 4. The number of carbonyl (C=O) groups is 1. The van der Waals surface area contributed by atoms with Crippen LogP contribution in [0, 0.1) is 6.92 Å². The zero-order valence-corrected chi connectivity index (χ0v) is 12.4. The fraction of sp³-hybridized carbons (Fsp3) is 0.188. The molecule has 0 aliphatic carbocycles. The zero-order chi connectivity index (χ0) is 15.7. The topological polar surface area (TPSA) is 77.0 Å². The van der Waals surface area contributed by atoms with E-state index >= 15 is 0 Å². The molecule has 3 rings (SSSR count). The lowest BCUT2D eigenvalue weighted by Gasteiger charge is -2.14. The molecule has 0 bridgehead atoms. The van der Waals surface area contributed by atoms with Crippen molar-refractivity contribution in [1.82, 2.24) is 19.7 Å². The van der Waals surface area contributed by atoms with E-state index in [9.17, 15) is 4.79 Å². The minimum atomic E-state index is -0.0475. The Morgan fingerprint density at radius 2 is 2.09 bits per heavy atom. The highest BCUT2D eigenvalue weighted by molar-refractivity contribution is 5.90. The van der Waals surface area contributed by atoms with Crippen LogP contribution in [0.15, 0.2) is 43.0 Å². The first kappa shape index (κ1) is 14.1. The fourth-order valence-electron chi connectivity index (χ4n) is 2.50. The van der Waals surface area contributed by atoms with E-state index in [0.717, 1.165) is 16.8 Å². The molecule has 0 fully saturated rings. The van der Waals surface area contributed by atoms with E-state index in [1.807, 2.05) is 24.3 Å². The molecule has 2 aromatic rings. The Balaban J connectivity index is 1.79. The molecule has 1 aromatic heterocycles. The predicted octanol–water partition coefficient (Wildman–Crippen LogP) is 1.57. The van der Waals surface area contributed by atoms with Gasteiger partial charge in [-0.1, -0.05) is 24.8 Å². The van der Waals surface area contributed by atoms with Gasteiger partial charge in [-0.05, 0) is 36.3 Å². The number of aryl methyl sites for hydroxylation is 1. The van der Waals surface area contributed by atoms with Gasteiger partial charge < -0.3 is 10.6 Å². The van der Waals surface area contributed by atoms with Crippen LogP contribution in [0.25, 0.3) is 11.3 Å². The lowest BCUT2D eigenvalue weighted by atomic mass is 10.1. The number of nitrogens with zero attached hydrogens (tertiary/aromatic N) is 4. The average molecular weight is 295 g/mol. The molecule has 112 valence electrons. The van der Waals surface area contributed by atoms with E-state index in [4.69, 9.17) is 5.73 Å². The first-order valence-electron chi connectivity index (χ1n) is 6.99. The minimum Gasteiger partial charge on any atom is -0.368 e. The van der Waals surface area contributed by atoms with Gasteiger partial charge in [0.25, 0.3) is 0 Å². The number of nitrogens with two attached hydrogens (primary N) is 1. The molecule has 0 saturated heterocycles. The SMILES string of the molecule is C=CC(=O)N1CC=C(c2ccc(-n3nc(C)nc3N)cc2)C1. The maximum Gasteiger partial charge on any atom is 0.246 e. The molecular weight excluding hydrogens is 278 g/mol. The Labute approximate surface area is 128 Å². The van der Waals surface area contributed by atoms with Gasteiger partial charge in [0, 0.05) is 13.1 Å². The van der Waals surface area contributed by atoms with E-state index in [-0.39, 0.29) is 5.91 Å². The maximum absolute atomic E-state index is 11.6. The summed E-state index contributed by atoms with van der Waals surface area (Å²) >= 11 is 0. The summed E-state index contributed by atoms with van der Waals surface area (Å²) in [7, 11) is 0. The van der Waals surface area contributed by atoms with Crippen molar-refractivity contribution in [2.45, 2.75) is 6.92 Å². The van der Waals surface area contributed by atoms with Gasteiger partial charge in [0.1, 0.15) is 5.82 Å². The summed E-state index contributed by atoms with van der Waals surface area (Å²) in [5.41, 5.74) is 8.90. The number of nitrogen functional groups attached to an aromatic ring is 1. The highest BCUT2D eigenvalue weighted by atomic mass is 16.2. The number of carbonyl (C=O) groups excluding carboxylic acids is 1. The molecule has 2 N–H and O–H groups in total. The van der Waals surface area contributed by atoms with Crippen molar-refractivity contribution in [2.75, 3.05) is 18.8 Å². The summed E-state index contributed by atoms with van der Waals surface area (Å²) in [5.74, 6) is 0.959. The van der Waals surface area contributed by atoms with Gasteiger partial charge in [0.05, 0.1) is 5.69 Å². The summed E-state index contributed by atoms with van der Waals surface area (Å²) in [4.78, 5) is 17.4. The Kier molecular flexibility index (Phi) is 3.50. The number of benzene rings is 1. The van der Waals surface area contributed by atoms with Crippen LogP contribution in [0.5, 0.6) is 0 Å². The van der Waals surface area contributed by atoms with Gasteiger partial charge in [-0.2, -0.15) is 9.67 Å². The van der Waals surface area contributed by atoms with Crippen LogP contribution in [0.4, 0.5) is 5.95 Å². The van der Waals surface area contributed by atoms with E-state index in [2.05, 4.69) is 22.7 Å². The van der Waals surface area contributed by atoms with Gasteiger partial charge in [-0.3, -0.25) is 4.79 Å². The summed E-state index contributed by atoms with van der Waals surface area (Å²) in [6.07, 6.45) is 3.40. The molecule has 0 radical (unpaired) electrons. The van der Waals surface area contributed by atoms with Crippen LogP contribution in [0.3, 0.4) is 0 Å². The van der Waals surface area contributed by atoms with Crippen molar-refractivity contribution in [3.05, 3.63) is 54.4 Å². The second-order valence-electron chi connectivity index (χ2n) is 5.13. The Morgan fingerprint density at radius 1 is 1.36 bits per heavy atom. The third kappa shape index (κ3) is 2.50. The van der Waals surface area contributed by atoms with Crippen LogP contribution in [-0.2, 0) is 4.79 Å². The Hall–Kier alpha value is -2.89. The van der Waals surface area contributed by atoms with Gasteiger partial charge >= 0.3 is 0 Å². The third-order valence-corrected chi connectivity index (χ3v) is 3.63. The molecule has 1 aliphatic heterocycles. The summed E-state index contributed by atoms with van der Waals surface area (Å²) in [6, 6.07) is 7.89. The van der Waals surface area contributed by atoms with Gasteiger partial charge in [-0.15, -0.1) is 5.10 Å². The van der Waals surface area contributed by atoms with Crippen LogP contribution < -0.4 is 5.73 Å². The first-order chi connectivity index (χ1) is 10.6. The number of amides is 1.